The number of rotatable bonds is 6. The molecule has 5 nitrogen and oxygen atoms in total. The molecule has 112 valence electrons. The van der Waals surface area contributed by atoms with Crippen molar-refractivity contribution in [3.05, 3.63) is 52.3 Å². The van der Waals surface area contributed by atoms with E-state index in [9.17, 15) is 4.79 Å². The molecule has 0 aliphatic rings. The molecule has 2 N–H and O–H groups in total. The highest BCUT2D eigenvalue weighted by molar-refractivity contribution is 6.34. The minimum atomic E-state index is -0.125. The highest BCUT2D eigenvalue weighted by Crippen LogP contribution is 2.19. The zero-order valence-corrected chi connectivity index (χ0v) is 13.0. The molecule has 0 amide bonds. The normalized spacial score (nSPS) is 11.1. The van der Waals surface area contributed by atoms with E-state index in [1.165, 1.54) is 6.20 Å². The molecule has 0 unspecified atom stereocenters. The Morgan fingerprint density at radius 3 is 2.57 bits per heavy atom. The molecule has 0 atom stereocenters. The molecule has 6 heteroatoms. The van der Waals surface area contributed by atoms with Crippen molar-refractivity contribution in [2.24, 2.45) is 5.73 Å². The number of ketones is 1. The molecule has 0 saturated heterocycles. The molecule has 0 aliphatic heterocycles. The van der Waals surface area contributed by atoms with Gasteiger partial charge in [-0.1, -0.05) is 35.9 Å². The first-order chi connectivity index (χ1) is 10.0. The summed E-state index contributed by atoms with van der Waals surface area (Å²) < 4.78 is 1.65. The summed E-state index contributed by atoms with van der Waals surface area (Å²) in [5.41, 5.74) is 7.56. The van der Waals surface area contributed by atoms with Gasteiger partial charge in [-0.2, -0.15) is 5.10 Å². The number of likely N-dealkylation sites (N-methyl/N-ethyl adjacent to an activating group) is 1. The number of nitrogens with two attached hydrogens (primary N) is 1. The number of aromatic nitrogens is 2. The quantitative estimate of drug-likeness (QED) is 0.826. The summed E-state index contributed by atoms with van der Waals surface area (Å²) >= 11 is 6.13. The van der Waals surface area contributed by atoms with E-state index < -0.39 is 0 Å². The molecular weight excluding hydrogens is 288 g/mol. The topological polar surface area (TPSA) is 64.2 Å². The Labute approximate surface area is 129 Å². The summed E-state index contributed by atoms with van der Waals surface area (Å²) in [6.45, 7) is 1.85. The van der Waals surface area contributed by atoms with Crippen LogP contribution in [0.1, 0.15) is 21.6 Å². The van der Waals surface area contributed by atoms with Crippen LogP contribution in [0.2, 0.25) is 5.02 Å². The van der Waals surface area contributed by atoms with Gasteiger partial charge in [-0.3, -0.25) is 9.48 Å². The maximum absolute atomic E-state index is 12.6. The third-order valence-electron chi connectivity index (χ3n) is 3.22. The molecule has 1 aromatic heterocycles. The van der Waals surface area contributed by atoms with E-state index in [-0.39, 0.29) is 5.78 Å². The number of nitrogens with zero attached hydrogens (tertiary/aromatic N) is 3. The summed E-state index contributed by atoms with van der Waals surface area (Å²) in [4.78, 5) is 14.6. The van der Waals surface area contributed by atoms with Gasteiger partial charge in [-0.15, -0.1) is 0 Å². The maximum Gasteiger partial charge on any atom is 0.212 e. The van der Waals surface area contributed by atoms with Crippen LogP contribution < -0.4 is 5.73 Å². The number of hydrogen-bond acceptors (Lipinski definition) is 4. The van der Waals surface area contributed by atoms with E-state index in [0.717, 1.165) is 12.1 Å². The number of benzene rings is 1. The molecule has 1 aromatic carbocycles. The van der Waals surface area contributed by atoms with Crippen LogP contribution in [-0.4, -0.2) is 41.1 Å². The van der Waals surface area contributed by atoms with Gasteiger partial charge in [0, 0.05) is 18.7 Å². The Bertz CT molecular complexity index is 619. The standard InChI is InChI=1S/C15H19ClN4O/c1-19(2)7-8-20-14(13(16)10-18-20)15(21)12-5-3-11(9-17)4-6-12/h3-6,10H,7-9,17H2,1-2H3. The summed E-state index contributed by atoms with van der Waals surface area (Å²) in [7, 11) is 3.94. The van der Waals surface area contributed by atoms with Crippen molar-refractivity contribution in [1.29, 1.82) is 0 Å². The van der Waals surface area contributed by atoms with Gasteiger partial charge in [-0.25, -0.2) is 0 Å². The minimum absolute atomic E-state index is 0.125. The molecule has 0 saturated carbocycles. The van der Waals surface area contributed by atoms with Crippen LogP contribution in [0.15, 0.2) is 30.5 Å². The van der Waals surface area contributed by atoms with Gasteiger partial charge < -0.3 is 10.6 Å². The first kappa shape index (κ1) is 15.7. The van der Waals surface area contributed by atoms with E-state index >= 15 is 0 Å². The van der Waals surface area contributed by atoms with Gasteiger partial charge in [0.1, 0.15) is 5.69 Å². The van der Waals surface area contributed by atoms with Crippen LogP contribution in [0.4, 0.5) is 0 Å². The fourth-order valence-corrected chi connectivity index (χ4v) is 2.21. The van der Waals surface area contributed by atoms with E-state index in [1.54, 1.807) is 16.8 Å². The molecule has 0 fully saturated rings. The van der Waals surface area contributed by atoms with Crippen molar-refractivity contribution in [2.45, 2.75) is 13.1 Å². The van der Waals surface area contributed by atoms with E-state index in [1.807, 2.05) is 31.1 Å². The largest absolute Gasteiger partial charge is 0.326 e. The van der Waals surface area contributed by atoms with Crippen LogP contribution in [0.5, 0.6) is 0 Å². The molecule has 2 rings (SSSR count). The second kappa shape index (κ2) is 6.85. The van der Waals surface area contributed by atoms with E-state index in [0.29, 0.717) is 29.4 Å². The van der Waals surface area contributed by atoms with Gasteiger partial charge in [0.25, 0.3) is 0 Å². The lowest BCUT2D eigenvalue weighted by Gasteiger charge is -2.12. The molecule has 0 bridgehead atoms. The SMILES string of the molecule is CN(C)CCn1ncc(Cl)c1C(=O)c1ccc(CN)cc1. The molecule has 2 aromatic rings. The predicted octanol–water partition coefficient (Wildman–Crippen LogP) is 1.79. The van der Waals surface area contributed by atoms with Crippen LogP contribution >= 0.6 is 11.6 Å². The van der Waals surface area contributed by atoms with Gasteiger partial charge in [0.2, 0.25) is 5.78 Å². The average Bonchev–Trinajstić information content (AvgIpc) is 2.85. The Morgan fingerprint density at radius 1 is 1.33 bits per heavy atom. The lowest BCUT2D eigenvalue weighted by molar-refractivity contribution is 0.102. The van der Waals surface area contributed by atoms with Crippen molar-refractivity contribution >= 4 is 17.4 Å². The number of halogens is 1. The fraction of sp³-hybridized carbons (Fsp3) is 0.333. The van der Waals surface area contributed by atoms with Crippen molar-refractivity contribution < 1.29 is 4.79 Å². The Hall–Kier alpha value is -1.69. The van der Waals surface area contributed by atoms with Crippen molar-refractivity contribution in [3.63, 3.8) is 0 Å². The minimum Gasteiger partial charge on any atom is -0.326 e. The second-order valence-corrected chi connectivity index (χ2v) is 5.50. The molecular formula is C15H19ClN4O. The Balaban J connectivity index is 2.27. The van der Waals surface area contributed by atoms with Crippen molar-refractivity contribution in [2.75, 3.05) is 20.6 Å². The Morgan fingerprint density at radius 2 is 2.00 bits per heavy atom. The number of carbonyl (C=O) groups excluding carboxylic acids is 1. The zero-order chi connectivity index (χ0) is 15.4. The lowest BCUT2D eigenvalue weighted by Crippen LogP contribution is -2.21. The highest BCUT2D eigenvalue weighted by Gasteiger charge is 2.19. The van der Waals surface area contributed by atoms with Crippen LogP contribution in [0.25, 0.3) is 0 Å². The summed E-state index contributed by atoms with van der Waals surface area (Å²) in [5, 5.41) is 4.56. The third kappa shape index (κ3) is 3.69. The van der Waals surface area contributed by atoms with Gasteiger partial charge in [0.05, 0.1) is 17.8 Å². The van der Waals surface area contributed by atoms with Crippen LogP contribution in [0, 0.1) is 0 Å². The third-order valence-corrected chi connectivity index (χ3v) is 3.50. The molecule has 1 heterocycles. The molecule has 0 radical (unpaired) electrons. The number of carbonyl (C=O) groups is 1. The zero-order valence-electron chi connectivity index (χ0n) is 12.2. The summed E-state index contributed by atoms with van der Waals surface area (Å²) in [6, 6.07) is 7.23. The van der Waals surface area contributed by atoms with Gasteiger partial charge in [0.15, 0.2) is 0 Å². The van der Waals surface area contributed by atoms with E-state index in [2.05, 4.69) is 5.10 Å². The number of hydrogen-bond donors (Lipinski definition) is 1. The van der Waals surface area contributed by atoms with Crippen molar-refractivity contribution in [1.82, 2.24) is 14.7 Å². The predicted molar refractivity (Wildman–Crippen MR) is 83.6 cm³/mol. The first-order valence-electron chi connectivity index (χ1n) is 6.72. The maximum atomic E-state index is 12.6. The Kier molecular flexibility index (Phi) is 5.12. The van der Waals surface area contributed by atoms with Crippen LogP contribution in [-0.2, 0) is 13.1 Å². The average molecular weight is 307 g/mol. The monoisotopic (exact) mass is 306 g/mol. The molecule has 21 heavy (non-hydrogen) atoms. The molecule has 0 aliphatic carbocycles. The lowest BCUT2D eigenvalue weighted by atomic mass is 10.1. The van der Waals surface area contributed by atoms with E-state index in [4.69, 9.17) is 17.3 Å². The van der Waals surface area contributed by atoms with Gasteiger partial charge in [-0.05, 0) is 19.7 Å². The van der Waals surface area contributed by atoms with Crippen LogP contribution in [0.3, 0.4) is 0 Å². The summed E-state index contributed by atoms with van der Waals surface area (Å²) in [6.07, 6.45) is 1.51. The van der Waals surface area contributed by atoms with Gasteiger partial charge >= 0.3 is 0 Å². The fourth-order valence-electron chi connectivity index (χ4n) is 1.98. The van der Waals surface area contributed by atoms with Crippen molar-refractivity contribution in [3.8, 4) is 0 Å². The molecule has 0 spiro atoms. The highest BCUT2D eigenvalue weighted by atomic mass is 35.5. The first-order valence-corrected chi connectivity index (χ1v) is 7.10. The smallest absolute Gasteiger partial charge is 0.212 e. The summed E-state index contributed by atoms with van der Waals surface area (Å²) in [5.74, 6) is -0.125. The second-order valence-electron chi connectivity index (χ2n) is 5.10.